The highest BCUT2D eigenvalue weighted by atomic mass is 16.5. The average Bonchev–Trinajstić information content (AvgIpc) is 2.66. The number of nitrogens with zero attached hydrogens (tertiary/aromatic N) is 3. The van der Waals surface area contributed by atoms with Crippen LogP contribution >= 0.6 is 0 Å². The highest BCUT2D eigenvalue weighted by Crippen LogP contribution is 2.16. The van der Waals surface area contributed by atoms with Crippen LogP contribution in [0.15, 0.2) is 18.2 Å². The Morgan fingerprint density at radius 2 is 2.29 bits per heavy atom. The van der Waals surface area contributed by atoms with Crippen LogP contribution in [0.2, 0.25) is 0 Å². The van der Waals surface area contributed by atoms with Crippen molar-refractivity contribution in [3.63, 3.8) is 0 Å². The molecule has 0 saturated heterocycles. The molecular weight excluding hydrogens is 214 g/mol. The Bertz CT molecular complexity index is 566. The molecule has 0 aliphatic carbocycles. The molecule has 0 aliphatic heterocycles. The zero-order chi connectivity index (χ0) is 12.3. The molecule has 4 nitrogen and oxygen atoms in total. The van der Waals surface area contributed by atoms with Gasteiger partial charge in [0.2, 0.25) is 0 Å². The van der Waals surface area contributed by atoms with Gasteiger partial charge in [0, 0.05) is 20.1 Å². The van der Waals surface area contributed by atoms with Crippen LogP contribution in [-0.2, 0) is 18.2 Å². The second-order valence-electron chi connectivity index (χ2n) is 3.85. The number of ether oxygens (including phenoxy) is 1. The summed E-state index contributed by atoms with van der Waals surface area (Å²) in [6, 6.07) is 7.70. The molecule has 88 valence electrons. The number of nitriles is 1. The molecule has 0 atom stereocenters. The van der Waals surface area contributed by atoms with E-state index in [0.717, 1.165) is 29.9 Å². The number of aromatic nitrogens is 2. The Morgan fingerprint density at radius 3 is 3.00 bits per heavy atom. The maximum Gasteiger partial charge on any atom is 0.111 e. The number of fused-ring (bicyclic) bond motifs is 1. The molecule has 0 bridgehead atoms. The van der Waals surface area contributed by atoms with E-state index >= 15 is 0 Å². The lowest BCUT2D eigenvalue weighted by Crippen LogP contribution is -2.03. The molecule has 0 N–H and O–H groups in total. The van der Waals surface area contributed by atoms with E-state index in [2.05, 4.69) is 15.6 Å². The lowest BCUT2D eigenvalue weighted by Gasteiger charge is -2.02. The molecule has 0 radical (unpaired) electrons. The van der Waals surface area contributed by atoms with Crippen LogP contribution < -0.4 is 0 Å². The van der Waals surface area contributed by atoms with Crippen molar-refractivity contribution in [2.24, 2.45) is 7.05 Å². The van der Waals surface area contributed by atoms with Gasteiger partial charge in [0.1, 0.15) is 5.82 Å². The largest absolute Gasteiger partial charge is 0.381 e. The second kappa shape index (κ2) is 4.98. The van der Waals surface area contributed by atoms with Crippen LogP contribution in [0.4, 0.5) is 0 Å². The van der Waals surface area contributed by atoms with Gasteiger partial charge in [-0.3, -0.25) is 0 Å². The predicted molar refractivity (Wildman–Crippen MR) is 65.6 cm³/mol. The molecular formula is C13H15N3O. The van der Waals surface area contributed by atoms with Gasteiger partial charge in [-0.25, -0.2) is 4.98 Å². The quantitative estimate of drug-likeness (QED) is 0.754. The van der Waals surface area contributed by atoms with Crippen molar-refractivity contribution < 1.29 is 4.74 Å². The van der Waals surface area contributed by atoms with Crippen LogP contribution in [0.25, 0.3) is 11.0 Å². The van der Waals surface area contributed by atoms with Crippen molar-refractivity contribution in [1.82, 2.24) is 9.55 Å². The third-order valence-corrected chi connectivity index (χ3v) is 2.78. The minimum absolute atomic E-state index is 0.645. The van der Waals surface area contributed by atoms with Crippen molar-refractivity contribution in [1.29, 1.82) is 5.26 Å². The zero-order valence-electron chi connectivity index (χ0n) is 10.1. The van der Waals surface area contributed by atoms with E-state index in [1.807, 2.05) is 32.2 Å². The Kier molecular flexibility index (Phi) is 3.40. The maximum absolute atomic E-state index is 8.84. The Morgan fingerprint density at radius 1 is 1.47 bits per heavy atom. The molecule has 2 aromatic rings. The minimum atomic E-state index is 0.645. The Labute approximate surface area is 100 Å². The van der Waals surface area contributed by atoms with Gasteiger partial charge in [-0.2, -0.15) is 5.26 Å². The summed E-state index contributed by atoms with van der Waals surface area (Å²) in [5.41, 5.74) is 2.57. The summed E-state index contributed by atoms with van der Waals surface area (Å²) in [7, 11) is 1.99. The van der Waals surface area contributed by atoms with Gasteiger partial charge in [0.15, 0.2) is 0 Å². The first-order valence-corrected chi connectivity index (χ1v) is 5.69. The Balaban J connectivity index is 2.32. The van der Waals surface area contributed by atoms with E-state index in [-0.39, 0.29) is 0 Å². The molecule has 0 saturated carbocycles. The van der Waals surface area contributed by atoms with Crippen LogP contribution in [0.3, 0.4) is 0 Å². The average molecular weight is 229 g/mol. The highest BCUT2D eigenvalue weighted by Gasteiger charge is 2.07. The number of hydrogen-bond acceptors (Lipinski definition) is 3. The maximum atomic E-state index is 8.84. The summed E-state index contributed by atoms with van der Waals surface area (Å²) in [4.78, 5) is 4.52. The molecule has 1 heterocycles. The zero-order valence-corrected chi connectivity index (χ0v) is 10.1. The molecule has 0 fully saturated rings. The molecule has 17 heavy (non-hydrogen) atoms. The molecule has 0 amide bonds. The molecule has 1 aromatic carbocycles. The number of aryl methyl sites for hydroxylation is 1. The van der Waals surface area contributed by atoms with Gasteiger partial charge in [-0.1, -0.05) is 0 Å². The number of hydrogen-bond donors (Lipinski definition) is 0. The van der Waals surface area contributed by atoms with E-state index in [1.165, 1.54) is 0 Å². The lowest BCUT2D eigenvalue weighted by atomic mass is 10.2. The molecule has 0 aliphatic rings. The van der Waals surface area contributed by atoms with Crippen molar-refractivity contribution in [3.05, 3.63) is 29.6 Å². The normalized spacial score (nSPS) is 10.6. The molecule has 2 rings (SSSR count). The Hall–Kier alpha value is -1.86. The smallest absolute Gasteiger partial charge is 0.111 e. The van der Waals surface area contributed by atoms with E-state index < -0.39 is 0 Å². The lowest BCUT2D eigenvalue weighted by molar-refractivity contribution is 0.149. The fraction of sp³-hybridized carbons (Fsp3) is 0.385. The predicted octanol–water partition coefficient (Wildman–Crippen LogP) is 2.02. The van der Waals surface area contributed by atoms with E-state index in [1.54, 1.807) is 0 Å². The first kappa shape index (κ1) is 11.6. The van der Waals surface area contributed by atoms with Crippen LogP contribution in [0.5, 0.6) is 0 Å². The van der Waals surface area contributed by atoms with E-state index in [0.29, 0.717) is 12.2 Å². The standard InChI is InChI=1S/C13H15N3O/c1-3-17-7-6-13-15-11-8-10(9-14)4-5-12(11)16(13)2/h4-5,8H,3,6-7H2,1-2H3. The van der Waals surface area contributed by atoms with Crippen molar-refractivity contribution in [2.75, 3.05) is 13.2 Å². The first-order valence-electron chi connectivity index (χ1n) is 5.69. The van der Waals surface area contributed by atoms with E-state index in [9.17, 15) is 0 Å². The van der Waals surface area contributed by atoms with Crippen LogP contribution in [0, 0.1) is 11.3 Å². The molecule has 1 aromatic heterocycles. The third-order valence-electron chi connectivity index (χ3n) is 2.78. The molecule has 4 heteroatoms. The first-order chi connectivity index (χ1) is 8.26. The fourth-order valence-electron chi connectivity index (χ4n) is 1.85. The topological polar surface area (TPSA) is 50.8 Å². The van der Waals surface area contributed by atoms with E-state index in [4.69, 9.17) is 10.00 Å². The monoisotopic (exact) mass is 229 g/mol. The summed E-state index contributed by atoms with van der Waals surface area (Å²) < 4.78 is 7.38. The summed E-state index contributed by atoms with van der Waals surface area (Å²) >= 11 is 0. The summed E-state index contributed by atoms with van der Waals surface area (Å²) in [6.07, 6.45) is 0.793. The fourth-order valence-corrected chi connectivity index (χ4v) is 1.85. The van der Waals surface area contributed by atoms with Crippen LogP contribution in [-0.4, -0.2) is 22.8 Å². The second-order valence-corrected chi connectivity index (χ2v) is 3.85. The van der Waals surface area contributed by atoms with Gasteiger partial charge in [-0.05, 0) is 25.1 Å². The SMILES string of the molecule is CCOCCc1nc2cc(C#N)ccc2n1C. The summed E-state index contributed by atoms with van der Waals surface area (Å²) in [6.45, 7) is 3.38. The third kappa shape index (κ3) is 2.29. The van der Waals surface area contributed by atoms with Crippen molar-refractivity contribution in [3.8, 4) is 6.07 Å². The van der Waals surface area contributed by atoms with Gasteiger partial charge in [0.25, 0.3) is 0 Å². The number of imidazole rings is 1. The molecule has 0 unspecified atom stereocenters. The number of benzene rings is 1. The van der Waals surface area contributed by atoms with Gasteiger partial charge in [0.05, 0.1) is 29.3 Å². The van der Waals surface area contributed by atoms with Gasteiger partial charge < -0.3 is 9.30 Å². The van der Waals surface area contributed by atoms with Gasteiger partial charge in [-0.15, -0.1) is 0 Å². The summed E-state index contributed by atoms with van der Waals surface area (Å²) in [5, 5.41) is 8.84. The summed E-state index contributed by atoms with van der Waals surface area (Å²) in [5.74, 6) is 0.989. The van der Waals surface area contributed by atoms with Gasteiger partial charge >= 0.3 is 0 Å². The minimum Gasteiger partial charge on any atom is -0.381 e. The highest BCUT2D eigenvalue weighted by molar-refractivity contribution is 5.77. The van der Waals surface area contributed by atoms with Crippen molar-refractivity contribution >= 4 is 11.0 Å². The van der Waals surface area contributed by atoms with Crippen LogP contribution in [0.1, 0.15) is 18.3 Å². The molecule has 0 spiro atoms. The van der Waals surface area contributed by atoms with Crippen molar-refractivity contribution in [2.45, 2.75) is 13.3 Å². The number of rotatable bonds is 4.